The van der Waals surface area contributed by atoms with Gasteiger partial charge in [0.15, 0.2) is 0 Å². The maximum absolute atomic E-state index is 12.7. The second-order valence-electron chi connectivity index (χ2n) is 5.54. The second-order valence-corrected chi connectivity index (χ2v) is 7.59. The summed E-state index contributed by atoms with van der Waals surface area (Å²) < 4.78 is 26.7. The van der Waals surface area contributed by atoms with Gasteiger partial charge in [-0.05, 0) is 35.4 Å². The Hall–Kier alpha value is -2.25. The molecule has 1 amide bonds. The molecule has 2 aromatic rings. The third-order valence-electron chi connectivity index (χ3n) is 3.96. The summed E-state index contributed by atoms with van der Waals surface area (Å²) in [6.45, 7) is 0.242. The Labute approximate surface area is 135 Å². The lowest BCUT2D eigenvalue weighted by atomic mass is 10.2. The number of sulfonamides is 1. The van der Waals surface area contributed by atoms with Crippen molar-refractivity contribution in [3.05, 3.63) is 53.9 Å². The van der Waals surface area contributed by atoms with E-state index in [1.807, 2.05) is 6.07 Å². The number of hydrogen-bond donors (Lipinski definition) is 0. The van der Waals surface area contributed by atoms with Crippen molar-refractivity contribution in [2.75, 3.05) is 19.0 Å². The fourth-order valence-corrected chi connectivity index (χ4v) is 3.83. The Kier molecular flexibility index (Phi) is 3.91. The van der Waals surface area contributed by atoms with Gasteiger partial charge in [0.2, 0.25) is 15.9 Å². The molecule has 0 atom stereocenters. The van der Waals surface area contributed by atoms with E-state index in [9.17, 15) is 13.2 Å². The van der Waals surface area contributed by atoms with E-state index in [-0.39, 0.29) is 23.8 Å². The highest BCUT2D eigenvalue weighted by Crippen LogP contribution is 2.30. The lowest BCUT2D eigenvalue weighted by Crippen LogP contribution is -2.26. The lowest BCUT2D eigenvalue weighted by Gasteiger charge is -2.18. The summed E-state index contributed by atoms with van der Waals surface area (Å²) in [4.78, 5) is 17.5. The minimum Gasteiger partial charge on any atom is -0.315 e. The van der Waals surface area contributed by atoms with Crippen molar-refractivity contribution in [1.82, 2.24) is 9.29 Å². The zero-order chi connectivity index (χ0) is 16.6. The van der Waals surface area contributed by atoms with Crippen LogP contribution in [0.25, 0.3) is 0 Å². The van der Waals surface area contributed by atoms with Gasteiger partial charge in [0.05, 0.1) is 11.3 Å². The molecule has 0 saturated carbocycles. The minimum absolute atomic E-state index is 0.0294. The summed E-state index contributed by atoms with van der Waals surface area (Å²) in [7, 11) is -0.392. The van der Waals surface area contributed by atoms with Crippen molar-refractivity contribution in [2.45, 2.75) is 17.9 Å². The van der Waals surface area contributed by atoms with E-state index in [1.54, 1.807) is 48.6 Å². The van der Waals surface area contributed by atoms with Crippen LogP contribution in [0, 0.1) is 0 Å². The molecule has 0 spiro atoms. The van der Waals surface area contributed by atoms with Gasteiger partial charge in [-0.3, -0.25) is 9.78 Å². The molecule has 0 saturated heterocycles. The van der Waals surface area contributed by atoms with E-state index in [4.69, 9.17) is 0 Å². The molecular weight excluding hydrogens is 314 g/mol. The van der Waals surface area contributed by atoms with Crippen LogP contribution in [-0.2, 0) is 27.8 Å². The van der Waals surface area contributed by atoms with Crippen LogP contribution in [0.3, 0.4) is 0 Å². The molecule has 6 nitrogen and oxygen atoms in total. The highest BCUT2D eigenvalue weighted by molar-refractivity contribution is 7.89. The van der Waals surface area contributed by atoms with Crippen molar-refractivity contribution in [2.24, 2.45) is 0 Å². The predicted octanol–water partition coefficient (Wildman–Crippen LogP) is 1.42. The number of carbonyl (C=O) groups excluding carboxylic acids is 1. The molecular formula is C16H17N3O3S. The van der Waals surface area contributed by atoms with Crippen molar-refractivity contribution in [3.8, 4) is 0 Å². The number of aromatic nitrogens is 1. The highest BCUT2D eigenvalue weighted by atomic mass is 32.2. The normalized spacial score (nSPS) is 14.4. The number of pyridine rings is 1. The maximum Gasteiger partial charge on any atom is 0.243 e. The molecule has 120 valence electrons. The van der Waals surface area contributed by atoms with Gasteiger partial charge >= 0.3 is 0 Å². The smallest absolute Gasteiger partial charge is 0.243 e. The largest absolute Gasteiger partial charge is 0.315 e. The van der Waals surface area contributed by atoms with Crippen molar-refractivity contribution >= 4 is 21.6 Å². The van der Waals surface area contributed by atoms with Crippen LogP contribution in [0.15, 0.2) is 47.6 Å². The van der Waals surface area contributed by atoms with Crippen LogP contribution < -0.4 is 4.90 Å². The fourth-order valence-electron chi connectivity index (χ4n) is 2.62. The number of likely N-dealkylation sites (N-methyl/N-ethyl adjacent to an activating group) is 1. The molecule has 0 bridgehead atoms. The highest BCUT2D eigenvalue weighted by Gasteiger charge is 2.27. The van der Waals surface area contributed by atoms with Gasteiger partial charge < -0.3 is 4.90 Å². The molecule has 1 aromatic carbocycles. The number of benzene rings is 1. The topological polar surface area (TPSA) is 70.6 Å². The maximum atomic E-state index is 12.7. The van der Waals surface area contributed by atoms with E-state index in [1.165, 1.54) is 11.4 Å². The van der Waals surface area contributed by atoms with Crippen molar-refractivity contribution in [3.63, 3.8) is 0 Å². The molecule has 1 aromatic heterocycles. The van der Waals surface area contributed by atoms with Crippen molar-refractivity contribution in [1.29, 1.82) is 0 Å². The molecule has 0 radical (unpaired) electrons. The molecule has 3 rings (SSSR count). The van der Waals surface area contributed by atoms with Gasteiger partial charge in [-0.2, -0.15) is 4.31 Å². The van der Waals surface area contributed by atoms with Crippen LogP contribution in [0.2, 0.25) is 0 Å². The van der Waals surface area contributed by atoms with Crippen LogP contribution in [0.4, 0.5) is 5.69 Å². The number of amides is 1. The predicted molar refractivity (Wildman–Crippen MR) is 86.4 cm³/mol. The standard InChI is InChI=1S/C16H17N3O3S/c1-18(11-12-4-3-7-17-10-12)23(21,22)14-5-6-15-13(8-14)9-16(20)19(15)2/h3-8,10H,9,11H2,1-2H3. The third-order valence-corrected chi connectivity index (χ3v) is 5.76. The summed E-state index contributed by atoms with van der Waals surface area (Å²) in [6.07, 6.45) is 3.52. The zero-order valence-corrected chi connectivity index (χ0v) is 13.7. The first-order valence-electron chi connectivity index (χ1n) is 7.14. The molecule has 0 fully saturated rings. The number of carbonyl (C=O) groups is 1. The summed E-state index contributed by atoms with van der Waals surface area (Å²) in [5.41, 5.74) is 2.33. The fraction of sp³-hybridized carbons (Fsp3) is 0.250. The van der Waals surface area contributed by atoms with E-state index >= 15 is 0 Å². The Morgan fingerprint density at radius 1 is 1.30 bits per heavy atom. The average molecular weight is 331 g/mol. The number of rotatable bonds is 4. The lowest BCUT2D eigenvalue weighted by molar-refractivity contribution is -0.117. The van der Waals surface area contributed by atoms with Crippen LogP contribution in [-0.4, -0.2) is 37.7 Å². The SMILES string of the molecule is CN1C(=O)Cc2cc(S(=O)(=O)N(C)Cc3cccnc3)ccc21. The van der Waals surface area contributed by atoms with Gasteiger partial charge in [0.25, 0.3) is 0 Å². The van der Waals surface area contributed by atoms with E-state index < -0.39 is 10.0 Å². The first kappa shape index (κ1) is 15.6. The van der Waals surface area contributed by atoms with E-state index in [2.05, 4.69) is 4.98 Å². The van der Waals surface area contributed by atoms with Gasteiger partial charge in [-0.25, -0.2) is 8.42 Å². The quantitative estimate of drug-likeness (QED) is 0.849. The molecule has 23 heavy (non-hydrogen) atoms. The van der Waals surface area contributed by atoms with Gasteiger partial charge in [0, 0.05) is 38.7 Å². The van der Waals surface area contributed by atoms with E-state index in [0.29, 0.717) is 0 Å². The first-order chi connectivity index (χ1) is 10.9. The van der Waals surface area contributed by atoms with Gasteiger partial charge in [-0.15, -0.1) is 0 Å². The molecule has 1 aliphatic rings. The van der Waals surface area contributed by atoms with Crippen molar-refractivity contribution < 1.29 is 13.2 Å². The molecule has 0 aliphatic carbocycles. The Bertz CT molecular complexity index is 850. The molecule has 0 unspecified atom stereocenters. The first-order valence-corrected chi connectivity index (χ1v) is 8.58. The van der Waals surface area contributed by atoms with Gasteiger partial charge in [0.1, 0.15) is 0 Å². The number of nitrogens with zero attached hydrogens (tertiary/aromatic N) is 3. The Morgan fingerprint density at radius 2 is 2.09 bits per heavy atom. The minimum atomic E-state index is -3.62. The Balaban J connectivity index is 1.89. The summed E-state index contributed by atoms with van der Waals surface area (Å²) in [6, 6.07) is 8.42. The summed E-state index contributed by atoms with van der Waals surface area (Å²) >= 11 is 0. The monoisotopic (exact) mass is 331 g/mol. The summed E-state index contributed by atoms with van der Waals surface area (Å²) in [5.74, 6) is -0.0294. The van der Waals surface area contributed by atoms with Gasteiger partial charge in [-0.1, -0.05) is 6.07 Å². The molecule has 2 heterocycles. The van der Waals surface area contributed by atoms with Crippen LogP contribution in [0.1, 0.15) is 11.1 Å². The van der Waals surface area contributed by atoms with Crippen LogP contribution >= 0.6 is 0 Å². The van der Waals surface area contributed by atoms with E-state index in [0.717, 1.165) is 16.8 Å². The Morgan fingerprint density at radius 3 is 2.78 bits per heavy atom. The summed E-state index contributed by atoms with van der Waals surface area (Å²) in [5, 5.41) is 0. The number of anilines is 1. The third kappa shape index (κ3) is 2.85. The molecule has 0 N–H and O–H groups in total. The molecule has 7 heteroatoms. The van der Waals surface area contributed by atoms with Crippen LogP contribution in [0.5, 0.6) is 0 Å². The average Bonchev–Trinajstić information content (AvgIpc) is 2.82. The zero-order valence-electron chi connectivity index (χ0n) is 12.9. The number of hydrogen-bond acceptors (Lipinski definition) is 4. The number of fused-ring (bicyclic) bond motifs is 1. The second kappa shape index (κ2) is 5.75. The molecule has 1 aliphatic heterocycles.